The number of hydrogen-bond donors (Lipinski definition) is 2. The molecule has 112 valence electrons. The first-order valence-corrected chi connectivity index (χ1v) is 7.39. The molecule has 3 N–H and O–H groups in total. The maximum absolute atomic E-state index is 5.66. The standard InChI is InChI=1S/C16H23N5/c1-4-14-19-15(17)21-16(20-14)18-9-5-6-13-8-7-11(2)10-12(13)3/h7-8,10H,4-6,9H2,1-3H3,(H3,17,18,19,20,21). The normalized spacial score (nSPS) is 10.6. The summed E-state index contributed by atoms with van der Waals surface area (Å²) in [6.07, 6.45) is 2.82. The number of aryl methyl sites for hydroxylation is 4. The van der Waals surface area contributed by atoms with E-state index in [9.17, 15) is 0 Å². The molecule has 0 atom stereocenters. The quantitative estimate of drug-likeness (QED) is 0.798. The highest BCUT2D eigenvalue weighted by atomic mass is 15.2. The van der Waals surface area contributed by atoms with Crippen molar-refractivity contribution in [2.75, 3.05) is 17.6 Å². The zero-order chi connectivity index (χ0) is 15.2. The highest BCUT2D eigenvalue weighted by Crippen LogP contribution is 2.12. The van der Waals surface area contributed by atoms with Crippen LogP contribution in [-0.2, 0) is 12.8 Å². The summed E-state index contributed by atoms with van der Waals surface area (Å²) in [6.45, 7) is 7.10. The van der Waals surface area contributed by atoms with E-state index in [1.807, 2.05) is 6.92 Å². The van der Waals surface area contributed by atoms with Crippen LogP contribution in [-0.4, -0.2) is 21.5 Å². The fourth-order valence-electron chi connectivity index (χ4n) is 2.28. The lowest BCUT2D eigenvalue weighted by Gasteiger charge is -2.08. The SMILES string of the molecule is CCc1nc(N)nc(NCCCc2ccc(C)cc2C)n1. The third-order valence-electron chi connectivity index (χ3n) is 3.42. The number of nitrogens with one attached hydrogen (secondary N) is 1. The van der Waals surface area contributed by atoms with Crippen molar-refractivity contribution < 1.29 is 0 Å². The van der Waals surface area contributed by atoms with Gasteiger partial charge in [-0.05, 0) is 37.8 Å². The fraction of sp³-hybridized carbons (Fsp3) is 0.438. The Morgan fingerprint density at radius 2 is 1.95 bits per heavy atom. The molecule has 0 aliphatic carbocycles. The highest BCUT2D eigenvalue weighted by Gasteiger charge is 2.03. The summed E-state index contributed by atoms with van der Waals surface area (Å²) in [4.78, 5) is 12.5. The third-order valence-corrected chi connectivity index (χ3v) is 3.42. The second kappa shape index (κ2) is 7.02. The van der Waals surface area contributed by atoms with E-state index in [1.165, 1.54) is 16.7 Å². The van der Waals surface area contributed by atoms with Crippen LogP contribution in [0.5, 0.6) is 0 Å². The van der Waals surface area contributed by atoms with Crippen LogP contribution in [0.25, 0.3) is 0 Å². The van der Waals surface area contributed by atoms with Gasteiger partial charge in [0.05, 0.1) is 0 Å². The van der Waals surface area contributed by atoms with Crippen molar-refractivity contribution in [2.45, 2.75) is 40.0 Å². The van der Waals surface area contributed by atoms with Gasteiger partial charge in [0, 0.05) is 13.0 Å². The van der Waals surface area contributed by atoms with Crippen LogP contribution in [0.15, 0.2) is 18.2 Å². The summed E-state index contributed by atoms with van der Waals surface area (Å²) in [5, 5.41) is 3.22. The highest BCUT2D eigenvalue weighted by molar-refractivity contribution is 5.32. The van der Waals surface area contributed by atoms with E-state index in [0.29, 0.717) is 5.95 Å². The van der Waals surface area contributed by atoms with Gasteiger partial charge in [-0.3, -0.25) is 0 Å². The molecule has 2 rings (SSSR count). The van der Waals surface area contributed by atoms with Crippen molar-refractivity contribution in [3.63, 3.8) is 0 Å². The summed E-state index contributed by atoms with van der Waals surface area (Å²) < 4.78 is 0. The summed E-state index contributed by atoms with van der Waals surface area (Å²) in [5.41, 5.74) is 9.72. The van der Waals surface area contributed by atoms with Gasteiger partial charge in [0.15, 0.2) is 0 Å². The van der Waals surface area contributed by atoms with Crippen molar-refractivity contribution in [2.24, 2.45) is 0 Å². The predicted molar refractivity (Wildman–Crippen MR) is 86.3 cm³/mol. The van der Waals surface area contributed by atoms with E-state index >= 15 is 0 Å². The lowest BCUT2D eigenvalue weighted by molar-refractivity contribution is 0.835. The van der Waals surface area contributed by atoms with Crippen LogP contribution in [0.3, 0.4) is 0 Å². The molecule has 0 unspecified atom stereocenters. The minimum absolute atomic E-state index is 0.277. The molecule has 0 radical (unpaired) electrons. The molecule has 1 aromatic carbocycles. The zero-order valence-electron chi connectivity index (χ0n) is 13.0. The van der Waals surface area contributed by atoms with Gasteiger partial charge in [0.1, 0.15) is 5.82 Å². The van der Waals surface area contributed by atoms with Crippen molar-refractivity contribution in [3.05, 3.63) is 40.7 Å². The van der Waals surface area contributed by atoms with Gasteiger partial charge in [-0.25, -0.2) is 0 Å². The van der Waals surface area contributed by atoms with Crippen LogP contribution in [0.1, 0.15) is 35.9 Å². The molecule has 0 spiro atoms. The number of nitrogens with zero attached hydrogens (tertiary/aromatic N) is 3. The molecule has 0 aliphatic rings. The molecule has 1 aromatic heterocycles. The molecule has 0 bridgehead atoms. The van der Waals surface area contributed by atoms with E-state index < -0.39 is 0 Å². The molecule has 0 fully saturated rings. The maximum Gasteiger partial charge on any atom is 0.227 e. The molecule has 5 heteroatoms. The second-order valence-corrected chi connectivity index (χ2v) is 5.25. The molecule has 1 heterocycles. The van der Waals surface area contributed by atoms with Crippen molar-refractivity contribution in [3.8, 4) is 0 Å². The Balaban J connectivity index is 1.86. The Morgan fingerprint density at radius 3 is 2.67 bits per heavy atom. The third kappa shape index (κ3) is 4.41. The summed E-state index contributed by atoms with van der Waals surface area (Å²) in [7, 11) is 0. The van der Waals surface area contributed by atoms with Gasteiger partial charge in [0.2, 0.25) is 11.9 Å². The van der Waals surface area contributed by atoms with Crippen molar-refractivity contribution >= 4 is 11.9 Å². The first-order chi connectivity index (χ1) is 10.1. The van der Waals surface area contributed by atoms with Crippen LogP contribution in [0, 0.1) is 13.8 Å². The number of hydrogen-bond acceptors (Lipinski definition) is 5. The zero-order valence-corrected chi connectivity index (χ0v) is 13.0. The summed E-state index contributed by atoms with van der Waals surface area (Å²) in [5.74, 6) is 1.57. The number of aromatic nitrogens is 3. The molecule has 0 amide bonds. The summed E-state index contributed by atoms with van der Waals surface area (Å²) >= 11 is 0. The first-order valence-electron chi connectivity index (χ1n) is 7.39. The number of anilines is 2. The van der Waals surface area contributed by atoms with Crippen LogP contribution in [0.4, 0.5) is 11.9 Å². The van der Waals surface area contributed by atoms with Crippen LogP contribution >= 0.6 is 0 Å². The van der Waals surface area contributed by atoms with E-state index in [4.69, 9.17) is 5.73 Å². The van der Waals surface area contributed by atoms with Crippen LogP contribution in [0.2, 0.25) is 0 Å². The largest absolute Gasteiger partial charge is 0.368 e. The van der Waals surface area contributed by atoms with Gasteiger partial charge in [-0.15, -0.1) is 0 Å². The predicted octanol–water partition coefficient (Wildman–Crippen LogP) is 2.68. The minimum Gasteiger partial charge on any atom is -0.368 e. The molecule has 0 saturated heterocycles. The van der Waals surface area contributed by atoms with Gasteiger partial charge < -0.3 is 11.1 Å². The van der Waals surface area contributed by atoms with E-state index in [2.05, 4.69) is 52.3 Å². The van der Waals surface area contributed by atoms with Gasteiger partial charge in [0.25, 0.3) is 0 Å². The monoisotopic (exact) mass is 285 g/mol. The van der Waals surface area contributed by atoms with Gasteiger partial charge in [-0.1, -0.05) is 30.7 Å². The van der Waals surface area contributed by atoms with E-state index in [0.717, 1.165) is 31.6 Å². The Kier molecular flexibility index (Phi) is 5.09. The Hall–Kier alpha value is -2.17. The Morgan fingerprint density at radius 1 is 1.14 bits per heavy atom. The number of nitrogen functional groups attached to an aromatic ring is 1. The molecular formula is C16H23N5. The number of rotatable bonds is 6. The average Bonchev–Trinajstić information content (AvgIpc) is 2.44. The number of nitrogens with two attached hydrogens (primary N) is 1. The lowest BCUT2D eigenvalue weighted by atomic mass is 10.0. The van der Waals surface area contributed by atoms with Crippen LogP contribution < -0.4 is 11.1 Å². The molecule has 2 aromatic rings. The smallest absolute Gasteiger partial charge is 0.227 e. The lowest BCUT2D eigenvalue weighted by Crippen LogP contribution is -2.11. The fourth-order valence-corrected chi connectivity index (χ4v) is 2.28. The summed E-state index contributed by atoms with van der Waals surface area (Å²) in [6, 6.07) is 6.60. The van der Waals surface area contributed by atoms with Gasteiger partial charge in [-0.2, -0.15) is 15.0 Å². The molecule has 0 saturated carbocycles. The first kappa shape index (κ1) is 15.2. The van der Waals surface area contributed by atoms with E-state index in [1.54, 1.807) is 0 Å². The molecule has 21 heavy (non-hydrogen) atoms. The Bertz CT molecular complexity index is 610. The van der Waals surface area contributed by atoms with Crippen molar-refractivity contribution in [1.82, 2.24) is 15.0 Å². The molecular weight excluding hydrogens is 262 g/mol. The average molecular weight is 285 g/mol. The number of benzene rings is 1. The second-order valence-electron chi connectivity index (χ2n) is 5.25. The molecule has 5 nitrogen and oxygen atoms in total. The molecule has 0 aliphatic heterocycles. The Labute approximate surface area is 126 Å². The topological polar surface area (TPSA) is 76.7 Å². The van der Waals surface area contributed by atoms with Gasteiger partial charge >= 0.3 is 0 Å². The minimum atomic E-state index is 0.277. The van der Waals surface area contributed by atoms with E-state index in [-0.39, 0.29) is 5.95 Å². The maximum atomic E-state index is 5.66. The van der Waals surface area contributed by atoms with Crippen molar-refractivity contribution in [1.29, 1.82) is 0 Å².